The number of benzene rings is 1. The predicted molar refractivity (Wildman–Crippen MR) is 103 cm³/mol. The number of piperidine rings is 2. The number of likely N-dealkylation sites (tertiary alicyclic amines) is 2. The molecular weight excluding hydrogens is 359 g/mol. The Kier molecular flexibility index (Phi) is 5.71. The molecule has 0 bridgehead atoms. The maximum absolute atomic E-state index is 13.0. The number of hydrogen-bond acceptors (Lipinski definition) is 5. The van der Waals surface area contributed by atoms with E-state index in [4.69, 9.17) is 4.52 Å². The van der Waals surface area contributed by atoms with Gasteiger partial charge in [-0.05, 0) is 69.0 Å². The van der Waals surface area contributed by atoms with Crippen LogP contribution in [0.15, 0.2) is 28.8 Å². The summed E-state index contributed by atoms with van der Waals surface area (Å²) >= 11 is 0. The third-order valence-electron chi connectivity index (χ3n) is 5.83. The molecule has 2 fully saturated rings. The SMILES string of the molecule is CC1CCCN(C(=O)C2CCN(Cc3nc(-c4ccc(F)cc4)no3)CC2)C1. The summed E-state index contributed by atoms with van der Waals surface area (Å²) in [6.45, 7) is 6.34. The lowest BCUT2D eigenvalue weighted by Gasteiger charge is -2.36. The minimum Gasteiger partial charge on any atom is -0.342 e. The van der Waals surface area contributed by atoms with Crippen molar-refractivity contribution in [1.29, 1.82) is 0 Å². The van der Waals surface area contributed by atoms with Crippen molar-refractivity contribution >= 4 is 5.91 Å². The van der Waals surface area contributed by atoms with Crippen molar-refractivity contribution in [3.8, 4) is 11.4 Å². The van der Waals surface area contributed by atoms with Crippen molar-refractivity contribution in [2.75, 3.05) is 26.2 Å². The Morgan fingerprint density at radius 2 is 1.93 bits per heavy atom. The average molecular weight is 386 g/mol. The third-order valence-corrected chi connectivity index (χ3v) is 5.83. The Morgan fingerprint density at radius 3 is 2.64 bits per heavy atom. The fourth-order valence-electron chi connectivity index (χ4n) is 4.21. The van der Waals surface area contributed by atoms with E-state index in [2.05, 4.69) is 26.9 Å². The number of nitrogens with zero attached hydrogens (tertiary/aromatic N) is 4. The molecule has 4 rings (SSSR count). The molecule has 1 unspecified atom stereocenters. The zero-order valence-corrected chi connectivity index (χ0v) is 16.3. The lowest BCUT2D eigenvalue weighted by Crippen LogP contribution is -2.45. The summed E-state index contributed by atoms with van der Waals surface area (Å²) in [6.07, 6.45) is 4.11. The average Bonchev–Trinajstić information content (AvgIpc) is 3.17. The topological polar surface area (TPSA) is 62.5 Å². The first kappa shape index (κ1) is 19.1. The predicted octanol–water partition coefficient (Wildman–Crippen LogP) is 3.35. The number of carbonyl (C=O) groups is 1. The summed E-state index contributed by atoms with van der Waals surface area (Å²) in [5.74, 6) is 1.82. The van der Waals surface area contributed by atoms with E-state index in [0.29, 0.717) is 30.1 Å². The Bertz CT molecular complexity index is 799. The molecule has 2 aromatic rings. The van der Waals surface area contributed by atoms with Crippen molar-refractivity contribution in [2.24, 2.45) is 11.8 Å². The number of carbonyl (C=O) groups excluding carboxylic acids is 1. The van der Waals surface area contributed by atoms with Crippen LogP contribution in [0.25, 0.3) is 11.4 Å². The molecule has 1 amide bonds. The van der Waals surface area contributed by atoms with Crippen LogP contribution in [0.2, 0.25) is 0 Å². The molecule has 1 aromatic heterocycles. The summed E-state index contributed by atoms with van der Waals surface area (Å²) in [5.41, 5.74) is 0.733. The van der Waals surface area contributed by atoms with Gasteiger partial charge in [-0.2, -0.15) is 4.98 Å². The van der Waals surface area contributed by atoms with Crippen LogP contribution >= 0.6 is 0 Å². The van der Waals surface area contributed by atoms with Crippen molar-refractivity contribution in [3.05, 3.63) is 36.0 Å². The molecule has 7 heteroatoms. The van der Waals surface area contributed by atoms with Crippen LogP contribution in [0.5, 0.6) is 0 Å². The molecule has 0 radical (unpaired) electrons. The number of aromatic nitrogens is 2. The van der Waals surface area contributed by atoms with Crippen LogP contribution < -0.4 is 0 Å². The second-order valence-electron chi connectivity index (χ2n) is 8.10. The lowest BCUT2D eigenvalue weighted by atomic mass is 9.93. The van der Waals surface area contributed by atoms with Gasteiger partial charge < -0.3 is 9.42 Å². The third kappa shape index (κ3) is 4.41. The molecular formula is C21H27FN4O2. The lowest BCUT2D eigenvalue weighted by molar-refractivity contribution is -0.138. The first-order chi connectivity index (χ1) is 13.6. The van der Waals surface area contributed by atoms with E-state index < -0.39 is 0 Å². The fourth-order valence-corrected chi connectivity index (χ4v) is 4.21. The maximum Gasteiger partial charge on any atom is 0.241 e. The molecule has 0 aliphatic carbocycles. The zero-order valence-electron chi connectivity index (χ0n) is 16.3. The van der Waals surface area contributed by atoms with E-state index in [1.165, 1.54) is 18.6 Å². The highest BCUT2D eigenvalue weighted by Crippen LogP contribution is 2.24. The van der Waals surface area contributed by atoms with E-state index in [-0.39, 0.29) is 11.7 Å². The minimum absolute atomic E-state index is 0.138. The van der Waals surface area contributed by atoms with E-state index in [1.54, 1.807) is 12.1 Å². The van der Waals surface area contributed by atoms with Crippen LogP contribution in [0, 0.1) is 17.7 Å². The van der Waals surface area contributed by atoms with E-state index in [9.17, 15) is 9.18 Å². The molecule has 150 valence electrons. The normalized spacial score (nSPS) is 21.8. The summed E-state index contributed by atoms with van der Waals surface area (Å²) in [7, 11) is 0. The Labute approximate surface area is 164 Å². The van der Waals surface area contributed by atoms with Gasteiger partial charge in [-0.25, -0.2) is 4.39 Å². The molecule has 28 heavy (non-hydrogen) atoms. The Hall–Kier alpha value is -2.28. The molecule has 0 N–H and O–H groups in total. The number of hydrogen-bond donors (Lipinski definition) is 0. The van der Waals surface area contributed by atoms with Gasteiger partial charge in [-0.15, -0.1) is 0 Å². The molecule has 2 saturated heterocycles. The summed E-state index contributed by atoms with van der Waals surface area (Å²) in [5, 5.41) is 4.00. The van der Waals surface area contributed by atoms with Crippen molar-refractivity contribution < 1.29 is 13.7 Å². The molecule has 0 spiro atoms. The van der Waals surface area contributed by atoms with Crippen molar-refractivity contribution in [2.45, 2.75) is 39.2 Å². The van der Waals surface area contributed by atoms with Gasteiger partial charge in [0.25, 0.3) is 0 Å². The van der Waals surface area contributed by atoms with Crippen molar-refractivity contribution in [1.82, 2.24) is 19.9 Å². The van der Waals surface area contributed by atoms with E-state index >= 15 is 0 Å². The molecule has 6 nitrogen and oxygen atoms in total. The van der Waals surface area contributed by atoms with Crippen LogP contribution in [0.1, 0.15) is 38.5 Å². The first-order valence-electron chi connectivity index (χ1n) is 10.2. The number of amides is 1. The number of halogens is 1. The van der Waals surface area contributed by atoms with Gasteiger partial charge in [0.15, 0.2) is 0 Å². The van der Waals surface area contributed by atoms with Crippen LogP contribution in [-0.4, -0.2) is 52.0 Å². The highest BCUT2D eigenvalue weighted by molar-refractivity contribution is 5.79. The van der Waals surface area contributed by atoms with Gasteiger partial charge in [-0.1, -0.05) is 12.1 Å². The first-order valence-corrected chi connectivity index (χ1v) is 10.2. The molecule has 2 aliphatic rings. The Morgan fingerprint density at radius 1 is 1.18 bits per heavy atom. The van der Waals surface area contributed by atoms with Crippen LogP contribution in [0.4, 0.5) is 4.39 Å². The quantitative estimate of drug-likeness (QED) is 0.806. The maximum atomic E-state index is 13.0. The van der Waals surface area contributed by atoms with E-state index in [1.807, 2.05) is 0 Å². The van der Waals surface area contributed by atoms with Gasteiger partial charge in [0.2, 0.25) is 17.6 Å². The largest absolute Gasteiger partial charge is 0.342 e. The smallest absolute Gasteiger partial charge is 0.241 e. The van der Waals surface area contributed by atoms with Gasteiger partial charge >= 0.3 is 0 Å². The monoisotopic (exact) mass is 386 g/mol. The number of rotatable bonds is 4. The fraction of sp³-hybridized carbons (Fsp3) is 0.571. The molecule has 1 aromatic carbocycles. The second-order valence-corrected chi connectivity index (χ2v) is 8.10. The highest BCUT2D eigenvalue weighted by atomic mass is 19.1. The molecule has 1 atom stereocenters. The van der Waals surface area contributed by atoms with Gasteiger partial charge in [0.05, 0.1) is 6.54 Å². The molecule has 0 saturated carbocycles. The zero-order chi connectivity index (χ0) is 19.5. The van der Waals surface area contributed by atoms with Crippen molar-refractivity contribution in [3.63, 3.8) is 0 Å². The van der Waals surface area contributed by atoms with Gasteiger partial charge in [-0.3, -0.25) is 9.69 Å². The highest BCUT2D eigenvalue weighted by Gasteiger charge is 2.30. The van der Waals surface area contributed by atoms with Gasteiger partial charge in [0.1, 0.15) is 5.82 Å². The summed E-state index contributed by atoms with van der Waals surface area (Å²) < 4.78 is 18.4. The Balaban J connectivity index is 1.29. The second kappa shape index (κ2) is 8.39. The molecule has 2 aliphatic heterocycles. The van der Waals surface area contributed by atoms with E-state index in [0.717, 1.165) is 51.0 Å². The van der Waals surface area contributed by atoms with Crippen LogP contribution in [-0.2, 0) is 11.3 Å². The van der Waals surface area contributed by atoms with Gasteiger partial charge in [0, 0.05) is 24.6 Å². The minimum atomic E-state index is -0.288. The summed E-state index contributed by atoms with van der Waals surface area (Å²) in [4.78, 5) is 21.5. The standard InChI is InChI=1S/C21H27FN4O2/c1-15-3-2-10-26(13-15)21(27)17-8-11-25(12-9-17)14-19-23-20(24-28-19)16-4-6-18(22)7-5-16/h4-7,15,17H,2-3,8-14H2,1H3. The summed E-state index contributed by atoms with van der Waals surface area (Å²) in [6, 6.07) is 6.05. The molecule has 3 heterocycles. The van der Waals surface area contributed by atoms with Crippen LogP contribution in [0.3, 0.4) is 0 Å².